The molecule has 2 aromatic rings. The highest BCUT2D eigenvalue weighted by atomic mass is 19.1. The van der Waals surface area contributed by atoms with E-state index < -0.39 is 5.54 Å². The van der Waals surface area contributed by atoms with Crippen LogP contribution in [0.5, 0.6) is 0 Å². The summed E-state index contributed by atoms with van der Waals surface area (Å²) in [6.45, 7) is 3.92. The fourth-order valence-corrected chi connectivity index (χ4v) is 3.86. The number of aromatic amines is 1. The van der Waals surface area contributed by atoms with Gasteiger partial charge in [-0.15, -0.1) is 0 Å². The number of aryl methyl sites for hydroxylation is 1. The Morgan fingerprint density at radius 3 is 2.69 bits per heavy atom. The molecule has 0 unspecified atom stereocenters. The largest absolute Gasteiger partial charge is 0.464 e. The van der Waals surface area contributed by atoms with Crippen LogP contribution in [0, 0.1) is 12.7 Å². The van der Waals surface area contributed by atoms with Crippen LogP contribution in [-0.4, -0.2) is 29.0 Å². The van der Waals surface area contributed by atoms with Gasteiger partial charge in [-0.1, -0.05) is 19.3 Å². The van der Waals surface area contributed by atoms with Gasteiger partial charge in [0.1, 0.15) is 11.4 Å². The molecule has 140 valence electrons. The highest BCUT2D eigenvalue weighted by Gasteiger charge is 2.42. The molecule has 0 atom stereocenters. The van der Waals surface area contributed by atoms with Gasteiger partial charge in [0.05, 0.1) is 13.0 Å². The van der Waals surface area contributed by atoms with Gasteiger partial charge in [0.25, 0.3) is 0 Å². The number of hydrogen-bond acceptors (Lipinski definition) is 3. The number of halogens is 1. The molecule has 1 aromatic carbocycles. The van der Waals surface area contributed by atoms with Gasteiger partial charge in [-0.3, -0.25) is 4.79 Å². The number of amides is 1. The van der Waals surface area contributed by atoms with Crippen molar-refractivity contribution < 1.29 is 18.7 Å². The Morgan fingerprint density at radius 1 is 1.27 bits per heavy atom. The van der Waals surface area contributed by atoms with E-state index in [9.17, 15) is 14.0 Å². The standard InChI is InChI=1S/C20H25FN2O3/c1-3-26-19(25)20(9-5-4-6-10-20)23-18(24)12-15-13(2)22-17-8-7-14(21)11-16(15)17/h7-8,11,22H,3-6,9-10,12H2,1-2H3,(H,23,24). The zero-order valence-corrected chi connectivity index (χ0v) is 15.3. The fraction of sp³-hybridized carbons (Fsp3) is 0.500. The van der Waals surface area contributed by atoms with Crippen molar-refractivity contribution in [3.63, 3.8) is 0 Å². The second kappa shape index (κ2) is 7.48. The van der Waals surface area contributed by atoms with Crippen molar-refractivity contribution in [1.82, 2.24) is 10.3 Å². The Hall–Kier alpha value is -2.37. The summed E-state index contributed by atoms with van der Waals surface area (Å²) in [6, 6.07) is 4.49. The third-order valence-corrected chi connectivity index (χ3v) is 5.17. The molecule has 1 fully saturated rings. The minimum atomic E-state index is -0.934. The van der Waals surface area contributed by atoms with Gasteiger partial charge in [0.2, 0.25) is 5.91 Å². The van der Waals surface area contributed by atoms with Crippen molar-refractivity contribution in [2.24, 2.45) is 0 Å². The second-order valence-corrected chi connectivity index (χ2v) is 7.01. The number of nitrogens with one attached hydrogen (secondary N) is 2. The molecule has 0 spiro atoms. The molecule has 0 saturated heterocycles. The van der Waals surface area contributed by atoms with Gasteiger partial charge in [0.15, 0.2) is 0 Å². The molecular formula is C20H25FN2O3. The monoisotopic (exact) mass is 360 g/mol. The Bertz CT molecular complexity index is 822. The smallest absolute Gasteiger partial charge is 0.331 e. The molecule has 3 rings (SSSR count). The molecule has 1 aliphatic carbocycles. The molecule has 1 aromatic heterocycles. The van der Waals surface area contributed by atoms with E-state index in [4.69, 9.17) is 4.74 Å². The lowest BCUT2D eigenvalue weighted by Crippen LogP contribution is -2.56. The summed E-state index contributed by atoms with van der Waals surface area (Å²) in [7, 11) is 0. The summed E-state index contributed by atoms with van der Waals surface area (Å²) < 4.78 is 18.8. The average molecular weight is 360 g/mol. The maximum absolute atomic E-state index is 13.6. The predicted octanol–water partition coefficient (Wildman–Crippen LogP) is 3.54. The van der Waals surface area contributed by atoms with Crippen molar-refractivity contribution in [1.29, 1.82) is 0 Å². The summed E-state index contributed by atoms with van der Waals surface area (Å²) in [5.74, 6) is -0.934. The minimum absolute atomic E-state index is 0.0937. The molecule has 0 radical (unpaired) electrons. The summed E-state index contributed by atoms with van der Waals surface area (Å²) >= 11 is 0. The van der Waals surface area contributed by atoms with Gasteiger partial charge in [-0.05, 0) is 50.5 Å². The Kier molecular flexibility index (Phi) is 5.30. The number of rotatable bonds is 5. The highest BCUT2D eigenvalue weighted by molar-refractivity contribution is 5.93. The Balaban J connectivity index is 1.82. The predicted molar refractivity (Wildman–Crippen MR) is 97.3 cm³/mol. The van der Waals surface area contributed by atoms with Crippen LogP contribution in [0.25, 0.3) is 10.9 Å². The first-order chi connectivity index (χ1) is 12.4. The van der Waals surface area contributed by atoms with E-state index in [1.807, 2.05) is 6.92 Å². The van der Waals surface area contributed by atoms with Gasteiger partial charge in [0, 0.05) is 16.6 Å². The van der Waals surface area contributed by atoms with Crippen molar-refractivity contribution in [3.05, 3.63) is 35.3 Å². The zero-order chi connectivity index (χ0) is 18.7. The number of benzene rings is 1. The van der Waals surface area contributed by atoms with Crippen LogP contribution in [0.15, 0.2) is 18.2 Å². The number of ether oxygens (including phenoxy) is 1. The third-order valence-electron chi connectivity index (χ3n) is 5.17. The van der Waals surface area contributed by atoms with E-state index in [-0.39, 0.29) is 30.7 Å². The summed E-state index contributed by atoms with van der Waals surface area (Å²) in [5, 5.41) is 3.64. The molecule has 26 heavy (non-hydrogen) atoms. The second-order valence-electron chi connectivity index (χ2n) is 7.01. The molecule has 5 nitrogen and oxygen atoms in total. The lowest BCUT2D eigenvalue weighted by molar-refractivity contribution is -0.155. The number of H-pyrrole nitrogens is 1. The van der Waals surface area contributed by atoms with Crippen molar-refractivity contribution >= 4 is 22.8 Å². The zero-order valence-electron chi connectivity index (χ0n) is 15.3. The quantitative estimate of drug-likeness (QED) is 0.801. The summed E-state index contributed by atoms with van der Waals surface area (Å²) in [4.78, 5) is 28.4. The van der Waals surface area contributed by atoms with E-state index in [0.29, 0.717) is 18.2 Å². The van der Waals surface area contributed by atoms with Gasteiger partial charge in [-0.25, -0.2) is 9.18 Å². The molecular weight excluding hydrogens is 335 g/mol. The SMILES string of the molecule is CCOC(=O)C1(NC(=O)Cc2c(C)[nH]c3ccc(F)cc23)CCCCC1. The average Bonchev–Trinajstić information content (AvgIpc) is 2.91. The lowest BCUT2D eigenvalue weighted by Gasteiger charge is -2.35. The van der Waals surface area contributed by atoms with Crippen LogP contribution < -0.4 is 5.32 Å². The summed E-state index contributed by atoms with van der Waals surface area (Å²) in [6.07, 6.45) is 4.11. The van der Waals surface area contributed by atoms with Crippen molar-refractivity contribution in [3.8, 4) is 0 Å². The van der Waals surface area contributed by atoms with Gasteiger partial charge in [-0.2, -0.15) is 0 Å². The van der Waals surface area contributed by atoms with E-state index >= 15 is 0 Å². The number of aromatic nitrogens is 1. The normalized spacial score (nSPS) is 16.4. The van der Waals surface area contributed by atoms with Crippen LogP contribution in [0.1, 0.15) is 50.3 Å². The van der Waals surface area contributed by atoms with Crippen LogP contribution >= 0.6 is 0 Å². The van der Waals surface area contributed by atoms with Crippen LogP contribution in [0.4, 0.5) is 4.39 Å². The molecule has 1 aliphatic rings. The highest BCUT2D eigenvalue weighted by Crippen LogP contribution is 2.30. The molecule has 1 saturated carbocycles. The Morgan fingerprint density at radius 2 is 2.00 bits per heavy atom. The van der Waals surface area contributed by atoms with E-state index in [2.05, 4.69) is 10.3 Å². The summed E-state index contributed by atoms with van der Waals surface area (Å²) in [5.41, 5.74) is 1.45. The maximum Gasteiger partial charge on any atom is 0.331 e. The number of carbonyl (C=O) groups excluding carboxylic acids is 2. The minimum Gasteiger partial charge on any atom is -0.464 e. The van der Waals surface area contributed by atoms with E-state index in [1.165, 1.54) is 12.1 Å². The number of carbonyl (C=O) groups is 2. The topological polar surface area (TPSA) is 71.2 Å². The van der Waals surface area contributed by atoms with Crippen LogP contribution in [0.2, 0.25) is 0 Å². The van der Waals surface area contributed by atoms with Crippen molar-refractivity contribution in [2.45, 2.75) is 57.9 Å². The van der Waals surface area contributed by atoms with E-state index in [1.54, 1.807) is 13.0 Å². The van der Waals surface area contributed by atoms with Crippen LogP contribution in [-0.2, 0) is 20.7 Å². The van der Waals surface area contributed by atoms with Crippen LogP contribution in [0.3, 0.4) is 0 Å². The first-order valence-corrected chi connectivity index (χ1v) is 9.20. The molecule has 0 aliphatic heterocycles. The first-order valence-electron chi connectivity index (χ1n) is 9.20. The number of fused-ring (bicyclic) bond motifs is 1. The number of hydrogen-bond donors (Lipinski definition) is 2. The first kappa shape index (κ1) is 18.4. The molecule has 2 N–H and O–H groups in total. The van der Waals surface area contributed by atoms with Gasteiger partial charge < -0.3 is 15.0 Å². The Labute approximate surface area is 152 Å². The molecule has 1 amide bonds. The molecule has 6 heteroatoms. The van der Waals surface area contributed by atoms with E-state index in [0.717, 1.165) is 36.0 Å². The van der Waals surface area contributed by atoms with Crippen molar-refractivity contribution in [2.75, 3.05) is 6.61 Å². The third kappa shape index (κ3) is 3.59. The maximum atomic E-state index is 13.6. The number of esters is 1. The molecule has 0 bridgehead atoms. The van der Waals surface area contributed by atoms with Gasteiger partial charge >= 0.3 is 5.97 Å². The fourth-order valence-electron chi connectivity index (χ4n) is 3.86. The molecule has 1 heterocycles. The lowest BCUT2D eigenvalue weighted by atomic mass is 9.81.